The van der Waals surface area contributed by atoms with Crippen molar-refractivity contribution in [3.8, 4) is 0 Å². The van der Waals surface area contributed by atoms with Crippen LogP contribution in [0.1, 0.15) is 64.7 Å². The van der Waals surface area contributed by atoms with Crippen molar-refractivity contribution in [1.82, 2.24) is 10.2 Å². The molecule has 21 heavy (non-hydrogen) atoms. The van der Waals surface area contributed by atoms with Crippen LogP contribution in [0.4, 0.5) is 4.79 Å². The van der Waals surface area contributed by atoms with Gasteiger partial charge in [-0.25, -0.2) is 4.79 Å². The highest BCUT2D eigenvalue weighted by Crippen LogP contribution is 2.34. The van der Waals surface area contributed by atoms with Gasteiger partial charge in [-0.1, -0.05) is 45.4 Å². The first kappa shape index (κ1) is 17.8. The molecule has 0 radical (unpaired) electrons. The number of carbonyl (C=O) groups excluding carboxylic acids is 1. The topological polar surface area (TPSA) is 69.6 Å². The van der Waals surface area contributed by atoms with Crippen LogP contribution in [0.3, 0.4) is 0 Å². The summed E-state index contributed by atoms with van der Waals surface area (Å²) < 4.78 is 0. The molecular weight excluding hydrogens is 268 g/mol. The van der Waals surface area contributed by atoms with Crippen molar-refractivity contribution in [2.45, 2.75) is 64.7 Å². The predicted octanol–water partition coefficient (Wildman–Crippen LogP) is 3.24. The van der Waals surface area contributed by atoms with Gasteiger partial charge in [0.15, 0.2) is 0 Å². The van der Waals surface area contributed by atoms with Gasteiger partial charge in [-0.15, -0.1) is 0 Å². The Kier molecular flexibility index (Phi) is 7.54. The highest BCUT2D eigenvalue weighted by Gasteiger charge is 2.39. The molecule has 0 atom stereocenters. The Morgan fingerprint density at radius 1 is 1.14 bits per heavy atom. The van der Waals surface area contributed by atoms with Crippen LogP contribution in [0.15, 0.2) is 0 Å². The average Bonchev–Trinajstić information content (AvgIpc) is 2.71. The van der Waals surface area contributed by atoms with Crippen LogP contribution in [0.25, 0.3) is 0 Å². The number of carboxylic acids is 1. The number of rotatable bonds is 7. The van der Waals surface area contributed by atoms with E-state index in [1.807, 2.05) is 0 Å². The molecule has 5 nitrogen and oxygen atoms in total. The summed E-state index contributed by atoms with van der Waals surface area (Å²) in [6.07, 6.45) is 8.63. The first-order valence-corrected chi connectivity index (χ1v) is 8.24. The van der Waals surface area contributed by atoms with Crippen molar-refractivity contribution in [1.29, 1.82) is 0 Å². The molecule has 0 heterocycles. The molecule has 0 spiro atoms. The Hall–Kier alpha value is -1.26. The average molecular weight is 298 g/mol. The molecule has 122 valence electrons. The lowest BCUT2D eigenvalue weighted by Gasteiger charge is -2.29. The largest absolute Gasteiger partial charge is 0.481 e. The third-order valence-corrected chi connectivity index (χ3v) is 4.54. The summed E-state index contributed by atoms with van der Waals surface area (Å²) in [5, 5.41) is 12.4. The Morgan fingerprint density at radius 3 is 2.29 bits per heavy atom. The van der Waals surface area contributed by atoms with Crippen LogP contribution in [0.2, 0.25) is 0 Å². The summed E-state index contributed by atoms with van der Waals surface area (Å²) in [4.78, 5) is 25.4. The summed E-state index contributed by atoms with van der Waals surface area (Å²) in [7, 11) is 1.77. The van der Waals surface area contributed by atoms with Gasteiger partial charge in [-0.05, 0) is 19.3 Å². The molecule has 1 fully saturated rings. The summed E-state index contributed by atoms with van der Waals surface area (Å²) in [5.41, 5.74) is -0.767. The highest BCUT2D eigenvalue weighted by molar-refractivity contribution is 5.78. The van der Waals surface area contributed by atoms with Gasteiger partial charge in [-0.3, -0.25) is 4.79 Å². The van der Waals surface area contributed by atoms with E-state index in [0.717, 1.165) is 51.5 Å². The minimum atomic E-state index is -0.767. The van der Waals surface area contributed by atoms with Crippen molar-refractivity contribution in [2.24, 2.45) is 5.41 Å². The second-order valence-corrected chi connectivity index (χ2v) is 6.29. The summed E-state index contributed by atoms with van der Waals surface area (Å²) >= 11 is 0. The SMILES string of the molecule is CCCCCN(C)C(=O)NCC1(C(=O)O)CCCCCC1. The fourth-order valence-electron chi connectivity index (χ4n) is 2.95. The second kappa shape index (κ2) is 8.90. The minimum absolute atomic E-state index is 0.157. The lowest BCUT2D eigenvalue weighted by molar-refractivity contribution is -0.149. The van der Waals surface area contributed by atoms with E-state index < -0.39 is 11.4 Å². The molecule has 2 N–H and O–H groups in total. The Balaban J connectivity index is 2.48. The Labute approximate surface area is 128 Å². The molecule has 1 saturated carbocycles. The lowest BCUT2D eigenvalue weighted by atomic mass is 9.80. The number of carbonyl (C=O) groups is 2. The number of aliphatic carboxylic acids is 1. The maximum absolute atomic E-state index is 12.1. The monoisotopic (exact) mass is 298 g/mol. The normalized spacial score (nSPS) is 17.8. The zero-order chi connectivity index (χ0) is 15.7. The molecule has 0 aromatic heterocycles. The van der Waals surface area contributed by atoms with Gasteiger partial charge in [0.2, 0.25) is 0 Å². The van der Waals surface area contributed by atoms with Crippen molar-refractivity contribution in [2.75, 3.05) is 20.1 Å². The molecule has 2 amide bonds. The van der Waals surface area contributed by atoms with Crippen molar-refractivity contribution < 1.29 is 14.7 Å². The number of carboxylic acid groups (broad SMARTS) is 1. The molecular formula is C16H30N2O3. The van der Waals surface area contributed by atoms with E-state index in [-0.39, 0.29) is 12.6 Å². The van der Waals surface area contributed by atoms with E-state index in [2.05, 4.69) is 12.2 Å². The van der Waals surface area contributed by atoms with Crippen LogP contribution in [0, 0.1) is 5.41 Å². The van der Waals surface area contributed by atoms with Gasteiger partial charge in [0.1, 0.15) is 0 Å². The van der Waals surface area contributed by atoms with E-state index in [1.54, 1.807) is 11.9 Å². The molecule has 0 aromatic rings. The Bertz CT molecular complexity index is 336. The van der Waals surface area contributed by atoms with Gasteiger partial charge >= 0.3 is 12.0 Å². The van der Waals surface area contributed by atoms with Gasteiger partial charge < -0.3 is 15.3 Å². The zero-order valence-electron chi connectivity index (χ0n) is 13.5. The maximum atomic E-state index is 12.1. The van der Waals surface area contributed by atoms with E-state index in [1.165, 1.54) is 0 Å². The summed E-state index contributed by atoms with van der Waals surface area (Å²) in [6, 6.07) is -0.157. The predicted molar refractivity (Wildman–Crippen MR) is 83.3 cm³/mol. The molecule has 1 rings (SSSR count). The number of nitrogens with one attached hydrogen (secondary N) is 1. The molecule has 0 bridgehead atoms. The first-order valence-electron chi connectivity index (χ1n) is 8.24. The van der Waals surface area contributed by atoms with E-state index in [0.29, 0.717) is 12.8 Å². The van der Waals surface area contributed by atoms with Crippen LogP contribution in [-0.2, 0) is 4.79 Å². The summed E-state index contributed by atoms with van der Waals surface area (Å²) in [6.45, 7) is 3.10. The lowest BCUT2D eigenvalue weighted by Crippen LogP contribution is -2.46. The van der Waals surface area contributed by atoms with Gasteiger partial charge in [-0.2, -0.15) is 0 Å². The van der Waals surface area contributed by atoms with E-state index in [4.69, 9.17) is 0 Å². The van der Waals surface area contributed by atoms with Crippen LogP contribution < -0.4 is 5.32 Å². The van der Waals surface area contributed by atoms with Crippen molar-refractivity contribution in [3.63, 3.8) is 0 Å². The number of nitrogens with zero attached hydrogens (tertiary/aromatic N) is 1. The molecule has 0 aliphatic heterocycles. The fourth-order valence-corrected chi connectivity index (χ4v) is 2.95. The number of unbranched alkanes of at least 4 members (excludes halogenated alkanes) is 2. The number of hydrogen-bond donors (Lipinski definition) is 2. The van der Waals surface area contributed by atoms with Crippen LogP contribution in [-0.4, -0.2) is 42.1 Å². The van der Waals surface area contributed by atoms with Crippen LogP contribution >= 0.6 is 0 Å². The first-order chi connectivity index (χ1) is 10.0. The third kappa shape index (κ3) is 5.56. The van der Waals surface area contributed by atoms with Crippen molar-refractivity contribution in [3.05, 3.63) is 0 Å². The number of hydrogen-bond acceptors (Lipinski definition) is 2. The molecule has 0 aromatic carbocycles. The smallest absolute Gasteiger partial charge is 0.317 e. The number of urea groups is 1. The zero-order valence-corrected chi connectivity index (χ0v) is 13.5. The quantitative estimate of drug-likeness (QED) is 0.560. The van der Waals surface area contributed by atoms with Gasteiger partial charge in [0, 0.05) is 20.1 Å². The Morgan fingerprint density at radius 2 is 1.76 bits per heavy atom. The van der Waals surface area contributed by atoms with Gasteiger partial charge in [0.05, 0.1) is 5.41 Å². The minimum Gasteiger partial charge on any atom is -0.481 e. The molecule has 0 unspecified atom stereocenters. The van der Waals surface area contributed by atoms with Crippen LogP contribution in [0.5, 0.6) is 0 Å². The summed E-state index contributed by atoms with van der Waals surface area (Å²) in [5.74, 6) is -0.765. The highest BCUT2D eigenvalue weighted by atomic mass is 16.4. The molecule has 1 aliphatic carbocycles. The standard InChI is InChI=1S/C16H30N2O3/c1-3-4-9-12-18(2)15(21)17-13-16(14(19)20)10-7-5-6-8-11-16/h3-13H2,1-2H3,(H,17,21)(H,19,20). The van der Waals surface area contributed by atoms with E-state index in [9.17, 15) is 14.7 Å². The fraction of sp³-hybridized carbons (Fsp3) is 0.875. The molecule has 1 aliphatic rings. The van der Waals surface area contributed by atoms with Gasteiger partial charge in [0.25, 0.3) is 0 Å². The van der Waals surface area contributed by atoms with E-state index >= 15 is 0 Å². The van der Waals surface area contributed by atoms with Crippen molar-refractivity contribution >= 4 is 12.0 Å². The molecule has 5 heteroatoms. The second-order valence-electron chi connectivity index (χ2n) is 6.29. The maximum Gasteiger partial charge on any atom is 0.317 e. The number of amides is 2. The molecule has 0 saturated heterocycles. The third-order valence-electron chi connectivity index (χ3n) is 4.54.